The van der Waals surface area contributed by atoms with Crippen molar-refractivity contribution in [1.82, 2.24) is 19.7 Å². The van der Waals surface area contributed by atoms with Gasteiger partial charge in [-0.05, 0) is 54.6 Å². The summed E-state index contributed by atoms with van der Waals surface area (Å²) in [6.45, 7) is 3.70. The summed E-state index contributed by atoms with van der Waals surface area (Å²) in [5, 5.41) is 4.40. The van der Waals surface area contributed by atoms with Gasteiger partial charge in [-0.3, -0.25) is 9.67 Å². The number of aryl methyl sites for hydroxylation is 1. The zero-order valence-corrected chi connectivity index (χ0v) is 13.6. The van der Waals surface area contributed by atoms with E-state index < -0.39 is 0 Å². The van der Waals surface area contributed by atoms with E-state index >= 15 is 0 Å². The SMILES string of the molecule is Cc1cc(C(N)c2c(Br)cnn2CCN(C)C)ccn1. The van der Waals surface area contributed by atoms with E-state index in [1.54, 1.807) is 12.4 Å². The molecule has 0 fully saturated rings. The lowest BCUT2D eigenvalue weighted by atomic mass is 10.1. The highest BCUT2D eigenvalue weighted by Crippen LogP contribution is 2.26. The van der Waals surface area contributed by atoms with E-state index in [2.05, 4.69) is 30.9 Å². The lowest BCUT2D eigenvalue weighted by Crippen LogP contribution is -2.23. The Hall–Kier alpha value is -1.24. The normalized spacial score (nSPS) is 12.9. The molecular formula is C14H20BrN5. The Bertz CT molecular complexity index is 579. The number of pyridine rings is 1. The third kappa shape index (κ3) is 3.45. The van der Waals surface area contributed by atoms with Crippen LogP contribution in [0.25, 0.3) is 0 Å². The first-order valence-corrected chi connectivity index (χ1v) is 7.32. The highest BCUT2D eigenvalue weighted by Gasteiger charge is 2.18. The van der Waals surface area contributed by atoms with Crippen LogP contribution in [0.1, 0.15) is 23.0 Å². The van der Waals surface area contributed by atoms with Gasteiger partial charge < -0.3 is 10.6 Å². The molecule has 1 atom stereocenters. The van der Waals surface area contributed by atoms with Gasteiger partial charge in [-0.2, -0.15) is 5.10 Å². The first-order chi connectivity index (χ1) is 9.49. The first-order valence-electron chi connectivity index (χ1n) is 6.53. The lowest BCUT2D eigenvalue weighted by Gasteiger charge is -2.17. The van der Waals surface area contributed by atoms with E-state index in [4.69, 9.17) is 5.73 Å². The molecule has 6 heteroatoms. The number of likely N-dealkylation sites (N-methyl/N-ethyl adjacent to an activating group) is 1. The molecule has 0 aliphatic carbocycles. The van der Waals surface area contributed by atoms with Crippen LogP contribution >= 0.6 is 15.9 Å². The molecule has 0 spiro atoms. The van der Waals surface area contributed by atoms with Gasteiger partial charge >= 0.3 is 0 Å². The summed E-state index contributed by atoms with van der Waals surface area (Å²) < 4.78 is 2.91. The molecule has 2 N–H and O–H groups in total. The number of aromatic nitrogens is 3. The number of rotatable bonds is 5. The van der Waals surface area contributed by atoms with Gasteiger partial charge in [-0.1, -0.05) is 0 Å². The predicted molar refractivity (Wildman–Crippen MR) is 83.5 cm³/mol. The monoisotopic (exact) mass is 337 g/mol. The Morgan fingerprint density at radius 2 is 2.20 bits per heavy atom. The number of nitrogens with zero attached hydrogens (tertiary/aromatic N) is 4. The molecule has 2 heterocycles. The Morgan fingerprint density at radius 3 is 2.85 bits per heavy atom. The maximum absolute atomic E-state index is 6.41. The van der Waals surface area contributed by atoms with Crippen LogP contribution in [0.3, 0.4) is 0 Å². The van der Waals surface area contributed by atoms with Crippen molar-refractivity contribution in [2.75, 3.05) is 20.6 Å². The van der Waals surface area contributed by atoms with Gasteiger partial charge in [0.05, 0.1) is 29.0 Å². The molecule has 0 saturated heterocycles. The minimum Gasteiger partial charge on any atom is -0.319 e. The molecule has 108 valence electrons. The average molecular weight is 338 g/mol. The van der Waals surface area contributed by atoms with Crippen molar-refractivity contribution in [3.8, 4) is 0 Å². The zero-order chi connectivity index (χ0) is 14.7. The van der Waals surface area contributed by atoms with Crippen LogP contribution in [0.2, 0.25) is 0 Å². The molecule has 2 rings (SSSR count). The van der Waals surface area contributed by atoms with Gasteiger partial charge in [0, 0.05) is 18.4 Å². The minimum absolute atomic E-state index is 0.212. The highest BCUT2D eigenvalue weighted by atomic mass is 79.9. The number of nitrogens with two attached hydrogens (primary N) is 1. The van der Waals surface area contributed by atoms with E-state index in [0.29, 0.717) is 0 Å². The second-order valence-electron chi connectivity index (χ2n) is 5.11. The van der Waals surface area contributed by atoms with Crippen LogP contribution in [0, 0.1) is 6.92 Å². The fourth-order valence-corrected chi connectivity index (χ4v) is 2.62. The van der Waals surface area contributed by atoms with Crippen molar-refractivity contribution in [3.63, 3.8) is 0 Å². The molecule has 0 saturated carbocycles. The topological polar surface area (TPSA) is 60.0 Å². The third-order valence-electron chi connectivity index (χ3n) is 3.17. The zero-order valence-electron chi connectivity index (χ0n) is 12.0. The minimum atomic E-state index is -0.212. The summed E-state index contributed by atoms with van der Waals surface area (Å²) in [6, 6.07) is 3.75. The number of hydrogen-bond donors (Lipinski definition) is 1. The van der Waals surface area contributed by atoms with E-state index in [1.807, 2.05) is 37.8 Å². The van der Waals surface area contributed by atoms with Crippen molar-refractivity contribution in [2.45, 2.75) is 19.5 Å². The van der Waals surface area contributed by atoms with Crippen molar-refractivity contribution in [1.29, 1.82) is 0 Å². The third-order valence-corrected chi connectivity index (χ3v) is 3.78. The fraction of sp³-hybridized carbons (Fsp3) is 0.429. The van der Waals surface area contributed by atoms with Crippen LogP contribution in [0.4, 0.5) is 0 Å². The standard InChI is InChI=1S/C14H20BrN5/c1-10-8-11(4-5-17-10)13(16)14-12(15)9-18-20(14)7-6-19(2)3/h4-5,8-9,13H,6-7,16H2,1-3H3. The average Bonchev–Trinajstić information content (AvgIpc) is 2.76. The van der Waals surface area contributed by atoms with Gasteiger partial charge in [0.25, 0.3) is 0 Å². The summed E-state index contributed by atoms with van der Waals surface area (Å²) >= 11 is 3.55. The summed E-state index contributed by atoms with van der Waals surface area (Å²) in [4.78, 5) is 6.34. The predicted octanol–water partition coefficient (Wildman–Crippen LogP) is 1.96. The fourth-order valence-electron chi connectivity index (χ4n) is 2.07. The molecule has 5 nitrogen and oxygen atoms in total. The van der Waals surface area contributed by atoms with Crippen molar-refractivity contribution in [2.24, 2.45) is 5.73 Å². The van der Waals surface area contributed by atoms with Crippen molar-refractivity contribution in [3.05, 3.63) is 46.0 Å². The quantitative estimate of drug-likeness (QED) is 0.905. The largest absolute Gasteiger partial charge is 0.319 e. The molecule has 0 aromatic carbocycles. The van der Waals surface area contributed by atoms with Crippen LogP contribution in [-0.2, 0) is 6.54 Å². The molecule has 0 radical (unpaired) electrons. The maximum atomic E-state index is 6.41. The van der Waals surface area contributed by atoms with Crippen LogP contribution in [-0.4, -0.2) is 40.3 Å². The molecular weight excluding hydrogens is 318 g/mol. The smallest absolute Gasteiger partial charge is 0.0739 e. The van der Waals surface area contributed by atoms with Crippen molar-refractivity contribution < 1.29 is 0 Å². The summed E-state index contributed by atoms with van der Waals surface area (Å²) in [5.41, 5.74) is 9.42. The highest BCUT2D eigenvalue weighted by molar-refractivity contribution is 9.10. The molecule has 1 unspecified atom stereocenters. The van der Waals surface area contributed by atoms with Gasteiger partial charge in [0.1, 0.15) is 0 Å². The molecule has 0 amide bonds. The Balaban J connectivity index is 2.29. The van der Waals surface area contributed by atoms with Gasteiger partial charge in [0.2, 0.25) is 0 Å². The lowest BCUT2D eigenvalue weighted by molar-refractivity contribution is 0.368. The van der Waals surface area contributed by atoms with Gasteiger partial charge in [0.15, 0.2) is 0 Å². The van der Waals surface area contributed by atoms with Gasteiger partial charge in [-0.15, -0.1) is 0 Å². The molecule has 0 aliphatic rings. The summed E-state index contributed by atoms with van der Waals surface area (Å²) in [7, 11) is 4.09. The summed E-state index contributed by atoms with van der Waals surface area (Å²) in [5.74, 6) is 0. The molecule has 20 heavy (non-hydrogen) atoms. The molecule has 0 aliphatic heterocycles. The number of halogens is 1. The van der Waals surface area contributed by atoms with E-state index in [9.17, 15) is 0 Å². The second kappa shape index (κ2) is 6.47. The van der Waals surface area contributed by atoms with Crippen LogP contribution in [0.15, 0.2) is 29.0 Å². The second-order valence-corrected chi connectivity index (χ2v) is 5.97. The van der Waals surface area contributed by atoms with E-state index in [0.717, 1.165) is 34.5 Å². The van der Waals surface area contributed by atoms with Crippen molar-refractivity contribution >= 4 is 15.9 Å². The van der Waals surface area contributed by atoms with E-state index in [1.165, 1.54) is 0 Å². The Morgan fingerprint density at radius 1 is 1.45 bits per heavy atom. The van der Waals surface area contributed by atoms with E-state index in [-0.39, 0.29) is 6.04 Å². The molecule has 2 aromatic rings. The maximum Gasteiger partial charge on any atom is 0.0739 e. The van der Waals surface area contributed by atoms with Gasteiger partial charge in [-0.25, -0.2) is 0 Å². The summed E-state index contributed by atoms with van der Waals surface area (Å²) in [6.07, 6.45) is 3.60. The van der Waals surface area contributed by atoms with Crippen LogP contribution in [0.5, 0.6) is 0 Å². The first kappa shape index (κ1) is 15.2. The molecule has 2 aromatic heterocycles. The number of hydrogen-bond acceptors (Lipinski definition) is 4. The Kier molecular flexibility index (Phi) is 4.91. The van der Waals surface area contributed by atoms with Crippen LogP contribution < -0.4 is 5.73 Å². The molecule has 0 bridgehead atoms. The Labute approximate surface area is 127 Å².